The van der Waals surface area contributed by atoms with E-state index < -0.39 is 0 Å². The maximum atomic E-state index is 11.6. The van der Waals surface area contributed by atoms with Gasteiger partial charge in [0.1, 0.15) is 0 Å². The summed E-state index contributed by atoms with van der Waals surface area (Å²) >= 11 is 0. The van der Waals surface area contributed by atoms with Gasteiger partial charge in [-0.3, -0.25) is 9.59 Å². The summed E-state index contributed by atoms with van der Waals surface area (Å²) in [6, 6.07) is 0.00313. The largest absolute Gasteiger partial charge is 0.466 e. The molecule has 2 atom stereocenters. The maximum Gasteiger partial charge on any atom is 0.309 e. The molecule has 5 heteroatoms. The van der Waals surface area contributed by atoms with E-state index >= 15 is 0 Å². The Bertz CT molecular complexity index is 373. The molecule has 0 aromatic heterocycles. The summed E-state index contributed by atoms with van der Waals surface area (Å²) in [6.07, 6.45) is 3.61. The highest BCUT2D eigenvalue weighted by molar-refractivity contribution is 5.89. The normalized spacial score (nSPS) is 28.3. The van der Waals surface area contributed by atoms with Gasteiger partial charge in [-0.15, -0.1) is 5.11 Å². The predicted octanol–water partition coefficient (Wildman–Crippen LogP) is 1.64. The Morgan fingerprint density at radius 2 is 2.38 bits per heavy atom. The van der Waals surface area contributed by atoms with Crippen LogP contribution in [0.25, 0.3) is 0 Å². The molecule has 2 aliphatic rings. The van der Waals surface area contributed by atoms with Gasteiger partial charge in [-0.25, -0.2) is 0 Å². The van der Waals surface area contributed by atoms with Crippen LogP contribution in [0.2, 0.25) is 0 Å². The van der Waals surface area contributed by atoms with Crippen LogP contribution in [0.5, 0.6) is 0 Å². The molecule has 1 amide bonds. The maximum absolute atomic E-state index is 11.6. The zero-order valence-electron chi connectivity index (χ0n) is 9.18. The molecular formula is C11H14N2O3. The number of carbonyl (C=O) groups is 2. The van der Waals surface area contributed by atoms with E-state index in [1.807, 2.05) is 0 Å². The highest BCUT2D eigenvalue weighted by Gasteiger charge is 2.32. The summed E-state index contributed by atoms with van der Waals surface area (Å²) in [5.41, 5.74) is 0.921. The lowest BCUT2D eigenvalue weighted by Gasteiger charge is -2.27. The summed E-state index contributed by atoms with van der Waals surface area (Å²) in [5, 5.41) is 7.44. The third-order valence-corrected chi connectivity index (χ3v) is 2.92. The molecule has 1 aliphatic carbocycles. The van der Waals surface area contributed by atoms with E-state index in [1.165, 1.54) is 6.08 Å². The Kier molecular flexibility index (Phi) is 3.12. The minimum absolute atomic E-state index is 0.00313. The van der Waals surface area contributed by atoms with Gasteiger partial charge in [0.15, 0.2) is 0 Å². The van der Waals surface area contributed by atoms with Gasteiger partial charge in [-0.05, 0) is 31.8 Å². The van der Waals surface area contributed by atoms with E-state index in [1.54, 1.807) is 6.92 Å². The zero-order chi connectivity index (χ0) is 11.5. The fourth-order valence-corrected chi connectivity index (χ4v) is 2.13. The molecule has 16 heavy (non-hydrogen) atoms. The number of rotatable bonds is 2. The van der Waals surface area contributed by atoms with Crippen molar-refractivity contribution < 1.29 is 14.3 Å². The van der Waals surface area contributed by atoms with Crippen LogP contribution in [0.4, 0.5) is 0 Å². The minimum atomic E-state index is -0.323. The SMILES string of the molecule is CCOC(=O)C1CCC2N=NC(=O)C=C2C1. The first kappa shape index (κ1) is 11.0. The van der Waals surface area contributed by atoms with Crippen molar-refractivity contribution in [3.63, 3.8) is 0 Å². The van der Waals surface area contributed by atoms with E-state index in [0.29, 0.717) is 13.0 Å². The fourth-order valence-electron chi connectivity index (χ4n) is 2.13. The molecule has 1 fully saturated rings. The standard InChI is InChI=1S/C11H14N2O3/c1-2-16-11(15)7-3-4-9-8(5-7)6-10(14)13-12-9/h6-7,9H,2-5H2,1H3. The van der Waals surface area contributed by atoms with Gasteiger partial charge in [-0.2, -0.15) is 5.11 Å². The van der Waals surface area contributed by atoms with E-state index in [0.717, 1.165) is 18.4 Å². The third-order valence-electron chi connectivity index (χ3n) is 2.92. The Balaban J connectivity index is 2.04. The summed E-state index contributed by atoms with van der Waals surface area (Å²) in [5.74, 6) is -0.615. The molecule has 0 spiro atoms. The molecule has 1 aliphatic heterocycles. The van der Waals surface area contributed by atoms with Gasteiger partial charge in [0.25, 0.3) is 5.91 Å². The Labute approximate surface area is 93.6 Å². The summed E-state index contributed by atoms with van der Waals surface area (Å²) < 4.78 is 4.98. The van der Waals surface area contributed by atoms with E-state index in [9.17, 15) is 9.59 Å². The molecule has 0 radical (unpaired) electrons. The van der Waals surface area contributed by atoms with Crippen LogP contribution in [-0.4, -0.2) is 24.5 Å². The van der Waals surface area contributed by atoms with E-state index in [4.69, 9.17) is 4.74 Å². The lowest BCUT2D eigenvalue weighted by atomic mass is 9.82. The Morgan fingerprint density at radius 3 is 3.12 bits per heavy atom. The van der Waals surface area contributed by atoms with E-state index in [-0.39, 0.29) is 23.8 Å². The first-order valence-electron chi connectivity index (χ1n) is 5.52. The van der Waals surface area contributed by atoms with Crippen LogP contribution in [0.15, 0.2) is 21.9 Å². The number of ether oxygens (including phenoxy) is 1. The Morgan fingerprint density at radius 1 is 1.56 bits per heavy atom. The predicted molar refractivity (Wildman–Crippen MR) is 55.7 cm³/mol. The fraction of sp³-hybridized carbons (Fsp3) is 0.636. The molecule has 1 saturated carbocycles. The van der Waals surface area contributed by atoms with Gasteiger partial charge < -0.3 is 4.74 Å². The van der Waals surface area contributed by atoms with Crippen LogP contribution in [0.3, 0.4) is 0 Å². The van der Waals surface area contributed by atoms with Gasteiger partial charge in [0, 0.05) is 6.08 Å². The Hall–Kier alpha value is -1.52. The molecular weight excluding hydrogens is 208 g/mol. The molecule has 2 unspecified atom stereocenters. The number of nitrogens with zero attached hydrogens (tertiary/aromatic N) is 2. The second-order valence-electron chi connectivity index (χ2n) is 4.02. The van der Waals surface area contributed by atoms with Gasteiger partial charge in [0.2, 0.25) is 0 Å². The molecule has 0 bridgehead atoms. The average molecular weight is 222 g/mol. The smallest absolute Gasteiger partial charge is 0.309 e. The molecule has 0 saturated heterocycles. The van der Waals surface area contributed by atoms with E-state index in [2.05, 4.69) is 10.2 Å². The van der Waals surface area contributed by atoms with Crippen molar-refractivity contribution in [2.24, 2.45) is 16.1 Å². The van der Waals surface area contributed by atoms with Crippen LogP contribution >= 0.6 is 0 Å². The number of fused-ring (bicyclic) bond motifs is 1. The van der Waals surface area contributed by atoms with Crippen molar-refractivity contribution in [3.8, 4) is 0 Å². The van der Waals surface area contributed by atoms with Gasteiger partial charge in [0.05, 0.1) is 18.6 Å². The first-order valence-corrected chi connectivity index (χ1v) is 5.52. The molecule has 5 nitrogen and oxygen atoms in total. The number of hydrogen-bond donors (Lipinski definition) is 0. The summed E-state index contributed by atoms with van der Waals surface area (Å²) in [6.45, 7) is 2.19. The zero-order valence-corrected chi connectivity index (χ0v) is 9.18. The monoisotopic (exact) mass is 222 g/mol. The second-order valence-corrected chi connectivity index (χ2v) is 4.02. The molecule has 2 rings (SSSR count). The van der Waals surface area contributed by atoms with Crippen molar-refractivity contribution in [1.82, 2.24) is 0 Å². The molecule has 86 valence electrons. The molecule has 0 N–H and O–H groups in total. The van der Waals surface area contributed by atoms with Crippen molar-refractivity contribution in [2.45, 2.75) is 32.2 Å². The van der Waals surface area contributed by atoms with Crippen LogP contribution in [-0.2, 0) is 14.3 Å². The summed E-state index contributed by atoms with van der Waals surface area (Å²) in [4.78, 5) is 22.6. The molecule has 0 aromatic carbocycles. The van der Waals surface area contributed by atoms with Crippen molar-refractivity contribution in [2.75, 3.05) is 6.61 Å². The van der Waals surface area contributed by atoms with Crippen molar-refractivity contribution in [1.29, 1.82) is 0 Å². The van der Waals surface area contributed by atoms with Crippen LogP contribution < -0.4 is 0 Å². The topological polar surface area (TPSA) is 68.1 Å². The van der Waals surface area contributed by atoms with Crippen LogP contribution in [0, 0.1) is 5.92 Å². The molecule has 0 aromatic rings. The molecule has 1 heterocycles. The number of amides is 1. The van der Waals surface area contributed by atoms with Crippen molar-refractivity contribution in [3.05, 3.63) is 11.6 Å². The first-order chi connectivity index (χ1) is 7.70. The summed E-state index contributed by atoms with van der Waals surface area (Å²) in [7, 11) is 0. The quantitative estimate of drug-likeness (QED) is 0.667. The average Bonchev–Trinajstić information content (AvgIpc) is 2.28. The number of esters is 1. The number of hydrogen-bond acceptors (Lipinski definition) is 4. The lowest BCUT2D eigenvalue weighted by molar-refractivity contribution is -0.148. The minimum Gasteiger partial charge on any atom is -0.466 e. The van der Waals surface area contributed by atoms with Crippen molar-refractivity contribution >= 4 is 11.9 Å². The number of azo groups is 1. The highest BCUT2D eigenvalue weighted by Crippen LogP contribution is 2.33. The van der Waals surface area contributed by atoms with Gasteiger partial charge >= 0.3 is 5.97 Å². The number of carbonyl (C=O) groups excluding carboxylic acids is 2. The highest BCUT2D eigenvalue weighted by atomic mass is 16.5. The van der Waals surface area contributed by atoms with Gasteiger partial charge in [-0.1, -0.05) is 0 Å². The second kappa shape index (κ2) is 4.55. The van der Waals surface area contributed by atoms with Crippen LogP contribution in [0.1, 0.15) is 26.2 Å². The third kappa shape index (κ3) is 2.18. The lowest BCUT2D eigenvalue weighted by Crippen LogP contribution is -2.28.